The maximum absolute atomic E-state index is 12.0. The van der Waals surface area contributed by atoms with Crippen molar-refractivity contribution < 1.29 is 19.4 Å². The van der Waals surface area contributed by atoms with E-state index in [-0.39, 0.29) is 11.4 Å². The van der Waals surface area contributed by atoms with Crippen LogP contribution in [0.4, 0.5) is 4.79 Å². The number of methoxy groups -OCH3 is 1. The minimum Gasteiger partial charge on any atom is -0.480 e. The number of aliphatic carboxylic acids is 1. The van der Waals surface area contributed by atoms with Crippen LogP contribution in [0.2, 0.25) is 0 Å². The second kappa shape index (κ2) is 6.75. The average molecular weight is 272 g/mol. The zero-order valence-electron chi connectivity index (χ0n) is 11.9. The van der Waals surface area contributed by atoms with E-state index in [0.717, 1.165) is 12.8 Å². The second-order valence-electron chi connectivity index (χ2n) is 5.76. The van der Waals surface area contributed by atoms with Gasteiger partial charge in [-0.25, -0.2) is 9.59 Å². The van der Waals surface area contributed by atoms with E-state index >= 15 is 0 Å². The smallest absolute Gasteiger partial charge is 0.326 e. The summed E-state index contributed by atoms with van der Waals surface area (Å²) in [5.41, 5.74) is -0.0654. The van der Waals surface area contributed by atoms with Crippen LogP contribution in [-0.2, 0) is 9.53 Å². The number of nitrogens with one attached hydrogen (secondary N) is 1. The molecule has 1 atom stereocenters. The van der Waals surface area contributed by atoms with Gasteiger partial charge in [-0.05, 0) is 24.7 Å². The summed E-state index contributed by atoms with van der Waals surface area (Å²) in [6, 6.07) is -0.961. The highest BCUT2D eigenvalue weighted by Crippen LogP contribution is 2.20. The monoisotopic (exact) mass is 272 g/mol. The van der Waals surface area contributed by atoms with Crippen molar-refractivity contribution in [3.63, 3.8) is 0 Å². The highest BCUT2D eigenvalue weighted by molar-refractivity contribution is 5.83. The first kappa shape index (κ1) is 15.8. The maximum atomic E-state index is 12.0. The molecule has 6 nitrogen and oxygen atoms in total. The summed E-state index contributed by atoms with van der Waals surface area (Å²) in [5, 5.41) is 11.9. The van der Waals surface area contributed by atoms with Gasteiger partial charge in [0.1, 0.15) is 6.04 Å². The molecule has 0 aromatic carbocycles. The highest BCUT2D eigenvalue weighted by Gasteiger charge is 2.34. The van der Waals surface area contributed by atoms with Gasteiger partial charge < -0.3 is 20.1 Å². The normalized spacial score (nSPS) is 19.5. The van der Waals surface area contributed by atoms with Crippen LogP contribution in [0.1, 0.15) is 33.1 Å². The fraction of sp³-hybridized carbons (Fsp3) is 0.846. The molecule has 2 N–H and O–H groups in total. The lowest BCUT2D eigenvalue weighted by Gasteiger charge is -2.27. The molecule has 1 saturated heterocycles. The number of urea groups is 1. The zero-order valence-corrected chi connectivity index (χ0v) is 11.9. The van der Waals surface area contributed by atoms with Crippen molar-refractivity contribution in [2.24, 2.45) is 5.41 Å². The lowest BCUT2D eigenvalue weighted by molar-refractivity contribution is -0.141. The van der Waals surface area contributed by atoms with Crippen LogP contribution < -0.4 is 5.32 Å². The van der Waals surface area contributed by atoms with Crippen LogP contribution in [0.3, 0.4) is 0 Å². The van der Waals surface area contributed by atoms with Crippen LogP contribution in [-0.4, -0.2) is 54.9 Å². The van der Waals surface area contributed by atoms with Gasteiger partial charge in [-0.1, -0.05) is 13.8 Å². The van der Waals surface area contributed by atoms with Gasteiger partial charge in [-0.3, -0.25) is 0 Å². The summed E-state index contributed by atoms with van der Waals surface area (Å²) in [7, 11) is 1.65. The molecule has 1 aliphatic heterocycles. The minimum atomic E-state index is -0.925. The predicted octanol–water partition coefficient (Wildman–Crippen LogP) is 1.31. The molecular formula is C13H24N2O4. The number of carbonyl (C=O) groups is 2. The van der Waals surface area contributed by atoms with Crippen molar-refractivity contribution in [2.75, 3.05) is 26.8 Å². The van der Waals surface area contributed by atoms with E-state index in [1.165, 1.54) is 4.90 Å². The van der Waals surface area contributed by atoms with Crippen molar-refractivity contribution in [3.05, 3.63) is 0 Å². The summed E-state index contributed by atoms with van der Waals surface area (Å²) in [4.78, 5) is 24.4. The first-order valence-electron chi connectivity index (χ1n) is 6.63. The van der Waals surface area contributed by atoms with Crippen molar-refractivity contribution >= 4 is 12.0 Å². The molecule has 0 aromatic rings. The number of carboxylic acids is 1. The van der Waals surface area contributed by atoms with E-state index in [4.69, 9.17) is 9.84 Å². The van der Waals surface area contributed by atoms with Gasteiger partial charge in [0.05, 0.1) is 0 Å². The molecule has 110 valence electrons. The topological polar surface area (TPSA) is 78.9 Å². The van der Waals surface area contributed by atoms with E-state index in [1.54, 1.807) is 7.11 Å². The number of ether oxygens (including phenoxy) is 1. The molecule has 0 radical (unpaired) electrons. The van der Waals surface area contributed by atoms with Crippen LogP contribution in [0.15, 0.2) is 0 Å². The fourth-order valence-electron chi connectivity index (χ4n) is 2.15. The number of nitrogens with zero attached hydrogens (tertiary/aromatic N) is 1. The summed E-state index contributed by atoms with van der Waals surface area (Å²) in [6.45, 7) is 5.76. The highest BCUT2D eigenvalue weighted by atomic mass is 16.5. The fourth-order valence-corrected chi connectivity index (χ4v) is 2.15. The summed E-state index contributed by atoms with van der Waals surface area (Å²) >= 11 is 0. The van der Waals surface area contributed by atoms with Crippen LogP contribution in [0, 0.1) is 5.41 Å². The van der Waals surface area contributed by atoms with Crippen molar-refractivity contribution in [2.45, 2.75) is 39.2 Å². The number of rotatable bonds is 6. The molecule has 2 amide bonds. The molecule has 0 aliphatic carbocycles. The summed E-state index contributed by atoms with van der Waals surface area (Å²) in [5.74, 6) is -0.925. The Labute approximate surface area is 114 Å². The summed E-state index contributed by atoms with van der Waals surface area (Å²) in [6.07, 6.45) is 2.12. The third-order valence-corrected chi connectivity index (χ3v) is 3.50. The van der Waals surface area contributed by atoms with Crippen LogP contribution >= 0.6 is 0 Å². The van der Waals surface area contributed by atoms with Crippen LogP contribution in [0.25, 0.3) is 0 Å². The largest absolute Gasteiger partial charge is 0.480 e. The lowest BCUT2D eigenvalue weighted by Crippen LogP contribution is -2.48. The van der Waals surface area contributed by atoms with Gasteiger partial charge >= 0.3 is 12.0 Å². The molecule has 1 fully saturated rings. The molecule has 0 saturated carbocycles. The van der Waals surface area contributed by atoms with Crippen molar-refractivity contribution in [1.29, 1.82) is 0 Å². The molecule has 19 heavy (non-hydrogen) atoms. The molecular weight excluding hydrogens is 248 g/mol. The Morgan fingerprint density at radius 1 is 1.47 bits per heavy atom. The third kappa shape index (κ3) is 4.70. The average Bonchev–Trinajstić information content (AvgIpc) is 2.83. The number of likely N-dealkylation sites (tertiary alicyclic amines) is 1. The van der Waals surface area contributed by atoms with Crippen LogP contribution in [0.5, 0.6) is 0 Å². The Morgan fingerprint density at radius 2 is 2.16 bits per heavy atom. The van der Waals surface area contributed by atoms with Gasteiger partial charge in [-0.15, -0.1) is 0 Å². The number of hydrogen-bond acceptors (Lipinski definition) is 3. The maximum Gasteiger partial charge on any atom is 0.326 e. The molecule has 0 bridgehead atoms. The van der Waals surface area contributed by atoms with E-state index in [1.807, 2.05) is 13.8 Å². The Morgan fingerprint density at radius 3 is 2.74 bits per heavy atom. The SMILES string of the molecule is COCCC(C)(C)CNC(=O)N1CCC[C@@H]1C(=O)O. The molecule has 1 aliphatic rings. The number of hydrogen-bond donors (Lipinski definition) is 2. The first-order chi connectivity index (χ1) is 8.87. The van der Waals surface area contributed by atoms with Gasteiger partial charge in [-0.2, -0.15) is 0 Å². The predicted molar refractivity (Wildman–Crippen MR) is 71.0 cm³/mol. The van der Waals surface area contributed by atoms with Crippen molar-refractivity contribution in [3.8, 4) is 0 Å². The van der Waals surface area contributed by atoms with E-state index < -0.39 is 12.0 Å². The first-order valence-corrected chi connectivity index (χ1v) is 6.63. The standard InChI is InChI=1S/C13H24N2O4/c1-13(2,6-8-19-3)9-14-12(18)15-7-4-5-10(15)11(16)17/h10H,4-9H2,1-3H3,(H,14,18)(H,16,17)/t10-/m1/s1. The number of amides is 2. The minimum absolute atomic E-state index is 0.0654. The zero-order chi connectivity index (χ0) is 14.5. The molecule has 1 heterocycles. The molecule has 0 unspecified atom stereocenters. The van der Waals surface area contributed by atoms with E-state index in [0.29, 0.717) is 26.1 Å². The summed E-state index contributed by atoms with van der Waals surface area (Å²) < 4.78 is 5.03. The molecule has 6 heteroatoms. The molecule has 0 aromatic heterocycles. The quantitative estimate of drug-likeness (QED) is 0.764. The Bertz CT molecular complexity index is 331. The van der Waals surface area contributed by atoms with Gasteiger partial charge in [0.25, 0.3) is 0 Å². The third-order valence-electron chi connectivity index (χ3n) is 3.50. The number of carboxylic acid groups (broad SMARTS) is 1. The lowest BCUT2D eigenvalue weighted by atomic mass is 9.90. The van der Waals surface area contributed by atoms with E-state index in [2.05, 4.69) is 5.32 Å². The number of carbonyl (C=O) groups excluding carboxylic acids is 1. The second-order valence-corrected chi connectivity index (χ2v) is 5.76. The Kier molecular flexibility index (Phi) is 5.60. The van der Waals surface area contributed by atoms with Gasteiger partial charge in [0, 0.05) is 26.8 Å². The molecule has 0 spiro atoms. The van der Waals surface area contributed by atoms with Gasteiger partial charge in [0.15, 0.2) is 0 Å². The van der Waals surface area contributed by atoms with E-state index in [9.17, 15) is 9.59 Å². The van der Waals surface area contributed by atoms with Crippen molar-refractivity contribution in [1.82, 2.24) is 10.2 Å². The Balaban J connectivity index is 2.44. The molecule has 1 rings (SSSR count). The van der Waals surface area contributed by atoms with Gasteiger partial charge in [0.2, 0.25) is 0 Å². The Hall–Kier alpha value is -1.30.